The smallest absolute Gasteiger partial charge is 0.254 e. The number of hydrogen-bond donors (Lipinski definition) is 2. The molecule has 0 aromatic carbocycles. The Labute approximate surface area is 185 Å². The Kier molecular flexibility index (Phi) is 5.51. The largest absolute Gasteiger partial charge is 0.381 e. The van der Waals surface area contributed by atoms with Crippen molar-refractivity contribution >= 4 is 28.4 Å². The molecule has 32 heavy (non-hydrogen) atoms. The first kappa shape index (κ1) is 20.1. The molecule has 8 heteroatoms. The summed E-state index contributed by atoms with van der Waals surface area (Å²) in [6.45, 7) is 2.45. The topological polar surface area (TPSA) is 94.0 Å². The minimum atomic E-state index is -0.106. The summed E-state index contributed by atoms with van der Waals surface area (Å²) >= 11 is 0. The fourth-order valence-corrected chi connectivity index (χ4v) is 4.02. The van der Waals surface area contributed by atoms with E-state index in [0.29, 0.717) is 23.6 Å². The first-order chi connectivity index (χ1) is 15.7. The summed E-state index contributed by atoms with van der Waals surface area (Å²) in [5.74, 6) is 0.564. The highest BCUT2D eigenvalue weighted by Gasteiger charge is 2.28. The summed E-state index contributed by atoms with van der Waals surface area (Å²) in [7, 11) is 1.96. The summed E-state index contributed by atoms with van der Waals surface area (Å²) in [6.07, 6.45) is 9.70. The molecule has 2 aliphatic rings. The van der Waals surface area contributed by atoms with Gasteiger partial charge in [0.1, 0.15) is 11.5 Å². The monoisotopic (exact) mass is 428 g/mol. The number of anilines is 2. The molecule has 1 saturated heterocycles. The second-order valence-corrected chi connectivity index (χ2v) is 7.74. The van der Waals surface area contributed by atoms with E-state index in [0.717, 1.165) is 41.1 Å². The van der Waals surface area contributed by atoms with Crippen LogP contribution in [-0.4, -0.2) is 38.6 Å². The normalized spacial score (nSPS) is 14.6. The maximum Gasteiger partial charge on any atom is 0.254 e. The molecule has 0 unspecified atom stereocenters. The second kappa shape index (κ2) is 8.76. The minimum absolute atomic E-state index is 0.106. The van der Waals surface area contributed by atoms with Crippen LogP contribution < -0.4 is 10.6 Å². The summed E-state index contributed by atoms with van der Waals surface area (Å²) in [6, 6.07) is 9.55. The van der Waals surface area contributed by atoms with Crippen LogP contribution in [0.4, 0.5) is 11.5 Å². The Morgan fingerprint density at radius 3 is 2.69 bits per heavy atom. The molecule has 0 bridgehead atoms. The van der Waals surface area contributed by atoms with Crippen molar-refractivity contribution in [1.29, 1.82) is 0 Å². The van der Waals surface area contributed by atoms with E-state index in [9.17, 15) is 4.79 Å². The summed E-state index contributed by atoms with van der Waals surface area (Å²) in [5, 5.41) is 7.13. The van der Waals surface area contributed by atoms with Crippen LogP contribution in [-0.2, 0) is 18.3 Å². The maximum atomic E-state index is 12.5. The summed E-state index contributed by atoms with van der Waals surface area (Å²) in [5.41, 5.74) is 4.81. The number of pyridine rings is 3. The van der Waals surface area contributed by atoms with Crippen LogP contribution in [0.5, 0.6) is 0 Å². The van der Waals surface area contributed by atoms with Gasteiger partial charge in [0.15, 0.2) is 0 Å². The van der Waals surface area contributed by atoms with Crippen molar-refractivity contribution in [3.63, 3.8) is 0 Å². The average molecular weight is 428 g/mol. The molecule has 4 aromatic rings. The molecular formula is C24H24N6O2. The van der Waals surface area contributed by atoms with Crippen molar-refractivity contribution < 1.29 is 9.53 Å². The lowest BCUT2D eigenvalue weighted by atomic mass is 10.0. The van der Waals surface area contributed by atoms with Gasteiger partial charge in [-0.2, -0.15) is 0 Å². The first-order valence-electron chi connectivity index (χ1n) is 10.7. The number of nitrogens with one attached hydrogen (secondary N) is 2. The van der Waals surface area contributed by atoms with E-state index in [2.05, 4.69) is 20.6 Å². The van der Waals surface area contributed by atoms with E-state index >= 15 is 0 Å². The molecule has 0 aliphatic carbocycles. The van der Waals surface area contributed by atoms with Gasteiger partial charge in [-0.3, -0.25) is 9.78 Å². The number of carbonyl (C=O) groups excluding carboxylic acids is 1. The van der Waals surface area contributed by atoms with Crippen LogP contribution in [0.1, 0.15) is 28.8 Å². The van der Waals surface area contributed by atoms with Gasteiger partial charge in [-0.1, -0.05) is 6.07 Å². The van der Waals surface area contributed by atoms with Gasteiger partial charge in [0, 0.05) is 61.9 Å². The van der Waals surface area contributed by atoms with E-state index in [1.54, 1.807) is 18.6 Å². The fourth-order valence-electron chi connectivity index (χ4n) is 4.02. The maximum absolute atomic E-state index is 12.5. The first-order valence-corrected chi connectivity index (χ1v) is 10.7. The molecule has 0 spiro atoms. The van der Waals surface area contributed by atoms with Gasteiger partial charge in [-0.05, 0) is 37.1 Å². The van der Waals surface area contributed by atoms with Gasteiger partial charge in [-0.25, -0.2) is 9.97 Å². The highest BCUT2D eigenvalue weighted by molar-refractivity contribution is 6.06. The lowest BCUT2D eigenvalue weighted by Crippen LogP contribution is -2.13. The zero-order valence-electron chi connectivity index (χ0n) is 17.8. The number of amides is 1. The van der Waals surface area contributed by atoms with Gasteiger partial charge < -0.3 is 19.9 Å². The standard InChI is InChI=1S/C20H16N6O.C4H8O/c1-26-9-6-13-12(5-8-22-19(13)26)18-14-10-24-20(27)17(14)15(11-23-18)25-16-4-2-3-7-21-16;1-2-4-5-3-1/h2-9,11H,10H2,1H3,(H,21,25)(H,24,27);1-4H2. The van der Waals surface area contributed by atoms with Gasteiger partial charge >= 0.3 is 0 Å². The number of ether oxygens (including phenoxy) is 1. The van der Waals surface area contributed by atoms with Crippen molar-refractivity contribution in [1.82, 2.24) is 24.8 Å². The van der Waals surface area contributed by atoms with E-state index in [-0.39, 0.29) is 5.91 Å². The molecule has 6 heterocycles. The van der Waals surface area contributed by atoms with Crippen molar-refractivity contribution in [2.75, 3.05) is 18.5 Å². The molecule has 1 fully saturated rings. The second-order valence-electron chi connectivity index (χ2n) is 7.74. The molecule has 1 amide bonds. The number of nitrogens with zero attached hydrogens (tertiary/aromatic N) is 4. The highest BCUT2D eigenvalue weighted by Crippen LogP contribution is 2.35. The lowest BCUT2D eigenvalue weighted by molar-refractivity contribution is 0.0966. The minimum Gasteiger partial charge on any atom is -0.381 e. The van der Waals surface area contributed by atoms with Crippen LogP contribution >= 0.6 is 0 Å². The average Bonchev–Trinajstić information content (AvgIpc) is 3.59. The number of aromatic nitrogens is 4. The van der Waals surface area contributed by atoms with Gasteiger partial charge in [0.05, 0.1) is 23.1 Å². The zero-order valence-corrected chi connectivity index (χ0v) is 17.8. The number of carbonyl (C=O) groups is 1. The fraction of sp³-hybridized carbons (Fsp3) is 0.250. The van der Waals surface area contributed by atoms with E-state index < -0.39 is 0 Å². The Bertz CT molecular complexity index is 1260. The molecule has 0 saturated carbocycles. The van der Waals surface area contributed by atoms with E-state index in [4.69, 9.17) is 9.72 Å². The van der Waals surface area contributed by atoms with Gasteiger partial charge in [0.2, 0.25) is 0 Å². The van der Waals surface area contributed by atoms with Crippen LogP contribution in [0.2, 0.25) is 0 Å². The van der Waals surface area contributed by atoms with Crippen molar-refractivity contribution in [3.8, 4) is 11.3 Å². The van der Waals surface area contributed by atoms with Crippen molar-refractivity contribution in [2.45, 2.75) is 19.4 Å². The van der Waals surface area contributed by atoms with Crippen molar-refractivity contribution in [3.05, 3.63) is 66.2 Å². The molecule has 0 radical (unpaired) electrons. The van der Waals surface area contributed by atoms with E-state index in [1.165, 1.54) is 12.8 Å². The molecule has 6 rings (SSSR count). The Morgan fingerprint density at radius 2 is 1.94 bits per heavy atom. The lowest BCUT2D eigenvalue weighted by Gasteiger charge is -2.12. The third kappa shape index (κ3) is 3.80. The highest BCUT2D eigenvalue weighted by atomic mass is 16.5. The summed E-state index contributed by atoms with van der Waals surface area (Å²) < 4.78 is 6.92. The Morgan fingerprint density at radius 1 is 1.06 bits per heavy atom. The van der Waals surface area contributed by atoms with Crippen LogP contribution in [0.15, 0.2) is 55.1 Å². The Balaban J connectivity index is 0.000000383. The molecule has 2 aliphatic heterocycles. The summed E-state index contributed by atoms with van der Waals surface area (Å²) in [4.78, 5) is 25.9. The molecule has 2 N–H and O–H groups in total. The third-order valence-corrected chi connectivity index (χ3v) is 5.61. The zero-order chi connectivity index (χ0) is 21.9. The van der Waals surface area contributed by atoms with Crippen LogP contribution in [0.3, 0.4) is 0 Å². The van der Waals surface area contributed by atoms with Crippen LogP contribution in [0.25, 0.3) is 22.3 Å². The molecule has 162 valence electrons. The van der Waals surface area contributed by atoms with Crippen molar-refractivity contribution in [2.24, 2.45) is 7.05 Å². The molecule has 8 nitrogen and oxygen atoms in total. The quantitative estimate of drug-likeness (QED) is 0.515. The number of fused-ring (bicyclic) bond motifs is 2. The Hall–Kier alpha value is -3.78. The SMILES string of the molecule is C1CCOC1.Cn1ccc2c(-c3ncc(Nc4ccccn4)c4c3CNC4=O)ccnc21. The molecular weight excluding hydrogens is 404 g/mol. The number of hydrogen-bond acceptors (Lipinski definition) is 6. The van der Waals surface area contributed by atoms with Crippen LogP contribution in [0, 0.1) is 0 Å². The predicted molar refractivity (Wildman–Crippen MR) is 123 cm³/mol. The van der Waals surface area contributed by atoms with E-state index in [1.807, 2.05) is 48.1 Å². The number of aryl methyl sites for hydroxylation is 1. The van der Waals surface area contributed by atoms with Gasteiger partial charge in [0.25, 0.3) is 5.91 Å². The molecule has 4 aromatic heterocycles. The number of rotatable bonds is 3. The molecule has 0 atom stereocenters. The predicted octanol–water partition coefficient (Wildman–Crippen LogP) is 3.81. The van der Waals surface area contributed by atoms with Gasteiger partial charge in [-0.15, -0.1) is 0 Å². The third-order valence-electron chi connectivity index (χ3n) is 5.61.